The second kappa shape index (κ2) is 4.04. The van der Waals surface area contributed by atoms with Crippen molar-refractivity contribution in [2.45, 2.75) is 13.1 Å². The molecule has 0 bridgehead atoms. The standard InChI is InChI=1S/C9H6F3NO4/c1-4-2-6(9(10,11)12)5(8(14)15)3-7(4)13(16)17/h2-3H,1H3,(H,14,15). The molecule has 0 aliphatic rings. The van der Waals surface area contributed by atoms with E-state index < -0.39 is 33.9 Å². The first-order chi connectivity index (χ1) is 7.64. The third-order valence-electron chi connectivity index (χ3n) is 2.07. The van der Waals surface area contributed by atoms with E-state index in [1.165, 1.54) is 0 Å². The van der Waals surface area contributed by atoms with Gasteiger partial charge in [-0.05, 0) is 13.0 Å². The van der Waals surface area contributed by atoms with Crippen LogP contribution in [0.5, 0.6) is 0 Å². The summed E-state index contributed by atoms with van der Waals surface area (Å²) in [7, 11) is 0. The zero-order valence-corrected chi connectivity index (χ0v) is 8.41. The number of benzene rings is 1. The van der Waals surface area contributed by atoms with Gasteiger partial charge in [0, 0.05) is 11.6 Å². The number of aryl methyl sites for hydroxylation is 1. The summed E-state index contributed by atoms with van der Waals surface area (Å²) in [6.45, 7) is 1.11. The molecule has 0 heterocycles. The van der Waals surface area contributed by atoms with Gasteiger partial charge in [0.1, 0.15) is 0 Å². The second-order valence-corrected chi connectivity index (χ2v) is 3.24. The van der Waals surface area contributed by atoms with Gasteiger partial charge in [-0.2, -0.15) is 13.2 Å². The Morgan fingerprint density at radius 3 is 2.29 bits per heavy atom. The highest BCUT2D eigenvalue weighted by atomic mass is 19.4. The topological polar surface area (TPSA) is 80.4 Å². The molecule has 1 aromatic rings. The number of aromatic carboxylic acids is 1. The molecule has 0 radical (unpaired) electrons. The first-order valence-corrected chi connectivity index (χ1v) is 4.24. The van der Waals surface area contributed by atoms with Gasteiger partial charge in [0.15, 0.2) is 0 Å². The number of rotatable bonds is 2. The van der Waals surface area contributed by atoms with Crippen LogP contribution in [-0.4, -0.2) is 16.0 Å². The maximum atomic E-state index is 12.5. The molecule has 0 saturated carbocycles. The summed E-state index contributed by atoms with van der Waals surface area (Å²) in [5.74, 6) is -1.86. The van der Waals surface area contributed by atoms with E-state index in [0.717, 1.165) is 6.92 Å². The number of carboxylic acid groups (broad SMARTS) is 1. The predicted octanol–water partition coefficient (Wildman–Crippen LogP) is 2.62. The molecule has 0 fully saturated rings. The minimum atomic E-state index is -4.87. The van der Waals surface area contributed by atoms with E-state index in [0.29, 0.717) is 12.1 Å². The van der Waals surface area contributed by atoms with Crippen molar-refractivity contribution in [2.24, 2.45) is 0 Å². The van der Waals surface area contributed by atoms with Crippen LogP contribution in [0.3, 0.4) is 0 Å². The first-order valence-electron chi connectivity index (χ1n) is 4.24. The second-order valence-electron chi connectivity index (χ2n) is 3.24. The zero-order chi connectivity index (χ0) is 13.4. The van der Waals surface area contributed by atoms with Crippen LogP contribution in [0, 0.1) is 17.0 Å². The van der Waals surface area contributed by atoms with Gasteiger partial charge >= 0.3 is 12.1 Å². The van der Waals surface area contributed by atoms with Gasteiger partial charge in [0.2, 0.25) is 0 Å². The maximum absolute atomic E-state index is 12.5. The molecule has 1 N–H and O–H groups in total. The Kier molecular flexibility index (Phi) is 3.08. The highest BCUT2D eigenvalue weighted by Crippen LogP contribution is 2.35. The summed E-state index contributed by atoms with van der Waals surface area (Å²) in [5, 5.41) is 19.1. The highest BCUT2D eigenvalue weighted by molar-refractivity contribution is 5.90. The number of nitrogens with zero attached hydrogens (tertiary/aromatic N) is 1. The minimum Gasteiger partial charge on any atom is -0.478 e. The molecule has 0 atom stereocenters. The summed E-state index contributed by atoms with van der Waals surface area (Å²) < 4.78 is 37.5. The van der Waals surface area contributed by atoms with E-state index in [4.69, 9.17) is 5.11 Å². The Morgan fingerprint density at radius 2 is 1.94 bits per heavy atom. The Labute approximate surface area is 92.6 Å². The molecule has 0 aliphatic carbocycles. The van der Waals surface area contributed by atoms with Crippen LogP contribution < -0.4 is 0 Å². The molecule has 8 heteroatoms. The third kappa shape index (κ3) is 2.52. The van der Waals surface area contributed by atoms with Crippen molar-refractivity contribution in [3.05, 3.63) is 38.9 Å². The summed E-state index contributed by atoms with van der Waals surface area (Å²) in [6, 6.07) is 0.877. The van der Waals surface area contributed by atoms with Crippen molar-refractivity contribution in [1.82, 2.24) is 0 Å². The monoisotopic (exact) mass is 249 g/mol. The lowest BCUT2D eigenvalue weighted by molar-refractivity contribution is -0.385. The quantitative estimate of drug-likeness (QED) is 0.645. The van der Waals surface area contributed by atoms with E-state index in [-0.39, 0.29) is 5.56 Å². The van der Waals surface area contributed by atoms with Crippen LogP contribution in [-0.2, 0) is 6.18 Å². The molecule has 0 aliphatic heterocycles. The number of halogens is 3. The minimum absolute atomic E-state index is 0.243. The summed E-state index contributed by atoms with van der Waals surface area (Å²) in [4.78, 5) is 20.2. The predicted molar refractivity (Wildman–Crippen MR) is 49.8 cm³/mol. The van der Waals surface area contributed by atoms with E-state index in [1.807, 2.05) is 0 Å². The number of alkyl halides is 3. The van der Waals surface area contributed by atoms with Crippen molar-refractivity contribution in [3.8, 4) is 0 Å². The Hall–Kier alpha value is -2.12. The highest BCUT2D eigenvalue weighted by Gasteiger charge is 2.37. The van der Waals surface area contributed by atoms with Crippen molar-refractivity contribution in [1.29, 1.82) is 0 Å². The number of carboxylic acids is 1. The zero-order valence-electron chi connectivity index (χ0n) is 8.41. The number of nitro groups is 1. The fourth-order valence-corrected chi connectivity index (χ4v) is 1.30. The molecule has 0 amide bonds. The fourth-order valence-electron chi connectivity index (χ4n) is 1.30. The van der Waals surface area contributed by atoms with E-state index >= 15 is 0 Å². The number of carbonyl (C=O) groups is 1. The lowest BCUT2D eigenvalue weighted by Crippen LogP contribution is -2.14. The smallest absolute Gasteiger partial charge is 0.417 e. The van der Waals surface area contributed by atoms with Gasteiger partial charge < -0.3 is 5.11 Å². The first kappa shape index (κ1) is 12.9. The normalized spacial score (nSPS) is 11.3. The van der Waals surface area contributed by atoms with Crippen molar-refractivity contribution in [3.63, 3.8) is 0 Å². The van der Waals surface area contributed by atoms with Crippen molar-refractivity contribution >= 4 is 11.7 Å². The average molecular weight is 249 g/mol. The van der Waals surface area contributed by atoms with E-state index in [1.54, 1.807) is 0 Å². The molecule has 17 heavy (non-hydrogen) atoms. The number of hydrogen-bond donors (Lipinski definition) is 1. The number of nitro benzene ring substituents is 1. The molecule has 0 unspecified atom stereocenters. The maximum Gasteiger partial charge on any atom is 0.417 e. The van der Waals surface area contributed by atoms with Crippen LogP contribution in [0.15, 0.2) is 12.1 Å². The van der Waals surface area contributed by atoms with Gasteiger partial charge in [-0.3, -0.25) is 10.1 Å². The van der Waals surface area contributed by atoms with Gasteiger partial charge in [-0.1, -0.05) is 0 Å². The van der Waals surface area contributed by atoms with Crippen LogP contribution in [0.4, 0.5) is 18.9 Å². The van der Waals surface area contributed by atoms with Crippen LogP contribution in [0.1, 0.15) is 21.5 Å². The number of hydrogen-bond acceptors (Lipinski definition) is 3. The Bertz CT molecular complexity index is 496. The summed E-state index contributed by atoms with van der Waals surface area (Å²) >= 11 is 0. The molecule has 0 saturated heterocycles. The van der Waals surface area contributed by atoms with E-state index in [9.17, 15) is 28.1 Å². The fraction of sp³-hybridized carbons (Fsp3) is 0.222. The molecule has 5 nitrogen and oxygen atoms in total. The lowest BCUT2D eigenvalue weighted by atomic mass is 10.0. The molecular weight excluding hydrogens is 243 g/mol. The van der Waals surface area contributed by atoms with Gasteiger partial charge in [0.25, 0.3) is 5.69 Å². The van der Waals surface area contributed by atoms with Gasteiger partial charge in [0.05, 0.1) is 16.1 Å². The van der Waals surface area contributed by atoms with Crippen LogP contribution in [0.2, 0.25) is 0 Å². The van der Waals surface area contributed by atoms with Crippen molar-refractivity contribution < 1.29 is 28.0 Å². The molecule has 1 aromatic carbocycles. The Morgan fingerprint density at radius 1 is 1.41 bits per heavy atom. The average Bonchev–Trinajstić information content (AvgIpc) is 2.14. The largest absolute Gasteiger partial charge is 0.478 e. The van der Waals surface area contributed by atoms with Crippen LogP contribution >= 0.6 is 0 Å². The lowest BCUT2D eigenvalue weighted by Gasteiger charge is -2.11. The Balaban J connectivity index is 3.58. The van der Waals surface area contributed by atoms with Gasteiger partial charge in [-0.25, -0.2) is 4.79 Å². The van der Waals surface area contributed by atoms with Crippen molar-refractivity contribution in [2.75, 3.05) is 0 Å². The third-order valence-corrected chi connectivity index (χ3v) is 2.07. The molecule has 1 rings (SSSR count). The van der Waals surface area contributed by atoms with E-state index in [2.05, 4.69) is 0 Å². The SMILES string of the molecule is Cc1cc(C(F)(F)F)c(C(=O)O)cc1[N+](=O)[O-]. The summed E-state index contributed by atoms with van der Waals surface area (Å²) in [5.41, 5.74) is -3.43. The van der Waals surface area contributed by atoms with Gasteiger partial charge in [-0.15, -0.1) is 0 Å². The molecule has 92 valence electrons. The molecule has 0 spiro atoms. The summed E-state index contributed by atoms with van der Waals surface area (Å²) in [6.07, 6.45) is -4.87. The molecular formula is C9H6F3NO4. The van der Waals surface area contributed by atoms with Crippen LogP contribution in [0.25, 0.3) is 0 Å². The molecule has 0 aromatic heterocycles.